The van der Waals surface area contributed by atoms with E-state index in [1.54, 1.807) is 24.3 Å². The van der Waals surface area contributed by atoms with Gasteiger partial charge in [0.1, 0.15) is 5.75 Å². The Bertz CT molecular complexity index is 802. The van der Waals surface area contributed by atoms with Crippen molar-refractivity contribution in [3.8, 4) is 5.75 Å². The van der Waals surface area contributed by atoms with Gasteiger partial charge in [-0.15, -0.1) is 0 Å². The van der Waals surface area contributed by atoms with Gasteiger partial charge in [0.25, 0.3) is 0 Å². The molecule has 0 atom stereocenters. The van der Waals surface area contributed by atoms with Crippen molar-refractivity contribution in [2.45, 2.75) is 96.8 Å². The SMILES string of the molecule is C=CC(=O)c1ccc(OC(=O)C2CCC(C3CCC(C4CCC(CCC)CC4)CC3)CC2)cc1. The van der Waals surface area contributed by atoms with E-state index in [0.717, 1.165) is 42.4 Å². The average molecular weight is 465 g/mol. The highest BCUT2D eigenvalue weighted by atomic mass is 16.5. The highest BCUT2D eigenvalue weighted by molar-refractivity contribution is 6.04. The molecule has 0 aromatic heterocycles. The van der Waals surface area contributed by atoms with Crippen LogP contribution in [-0.4, -0.2) is 11.8 Å². The molecule has 0 bridgehead atoms. The lowest BCUT2D eigenvalue weighted by Gasteiger charge is -2.41. The third kappa shape index (κ3) is 6.40. The van der Waals surface area contributed by atoms with Crippen molar-refractivity contribution in [3.05, 3.63) is 42.5 Å². The predicted octanol–water partition coefficient (Wildman–Crippen LogP) is 8.18. The summed E-state index contributed by atoms with van der Waals surface area (Å²) < 4.78 is 5.63. The zero-order valence-corrected chi connectivity index (χ0v) is 21.2. The predicted molar refractivity (Wildman–Crippen MR) is 138 cm³/mol. The molecule has 0 amide bonds. The maximum Gasteiger partial charge on any atom is 0.314 e. The van der Waals surface area contributed by atoms with Crippen LogP contribution in [0.15, 0.2) is 36.9 Å². The monoisotopic (exact) mass is 464 g/mol. The van der Waals surface area contributed by atoms with Crippen LogP contribution in [0, 0.1) is 35.5 Å². The van der Waals surface area contributed by atoms with Gasteiger partial charge in [-0.2, -0.15) is 0 Å². The molecule has 1 aromatic carbocycles. The van der Waals surface area contributed by atoms with Gasteiger partial charge in [-0.3, -0.25) is 9.59 Å². The summed E-state index contributed by atoms with van der Waals surface area (Å²) in [6, 6.07) is 6.79. The minimum absolute atomic E-state index is 0.0142. The molecule has 1 aromatic rings. The second-order valence-electron chi connectivity index (χ2n) is 11.4. The quantitative estimate of drug-likeness (QED) is 0.169. The number of benzene rings is 1. The molecule has 3 saturated carbocycles. The number of hydrogen-bond acceptors (Lipinski definition) is 3. The molecule has 3 aliphatic carbocycles. The van der Waals surface area contributed by atoms with E-state index in [9.17, 15) is 9.59 Å². The first-order valence-corrected chi connectivity index (χ1v) is 14.1. The molecule has 186 valence electrons. The number of ether oxygens (including phenoxy) is 1. The summed E-state index contributed by atoms with van der Waals surface area (Å²) in [4.78, 5) is 24.4. The maximum atomic E-state index is 12.7. The van der Waals surface area contributed by atoms with E-state index in [0.29, 0.717) is 11.3 Å². The van der Waals surface area contributed by atoms with Crippen molar-refractivity contribution in [2.24, 2.45) is 35.5 Å². The molecule has 0 spiro atoms. The summed E-state index contributed by atoms with van der Waals surface area (Å²) in [5, 5.41) is 0. The smallest absolute Gasteiger partial charge is 0.314 e. The normalized spacial score (nSPS) is 32.0. The lowest BCUT2D eigenvalue weighted by Crippen LogP contribution is -2.31. The Balaban J connectivity index is 1.17. The number of ketones is 1. The van der Waals surface area contributed by atoms with Crippen molar-refractivity contribution >= 4 is 11.8 Å². The largest absolute Gasteiger partial charge is 0.426 e. The van der Waals surface area contributed by atoms with Crippen LogP contribution in [0.1, 0.15) is 107 Å². The highest BCUT2D eigenvalue weighted by Gasteiger charge is 2.36. The molecule has 3 nitrogen and oxygen atoms in total. The van der Waals surface area contributed by atoms with Crippen LogP contribution in [-0.2, 0) is 4.79 Å². The topological polar surface area (TPSA) is 43.4 Å². The van der Waals surface area contributed by atoms with E-state index in [1.165, 1.54) is 83.1 Å². The molecule has 0 saturated heterocycles. The molecule has 0 radical (unpaired) electrons. The van der Waals surface area contributed by atoms with Crippen molar-refractivity contribution in [1.82, 2.24) is 0 Å². The summed E-state index contributed by atoms with van der Waals surface area (Å²) in [6.07, 6.45) is 20.0. The van der Waals surface area contributed by atoms with E-state index in [4.69, 9.17) is 4.74 Å². The number of esters is 1. The molecule has 4 rings (SSSR count). The zero-order chi connectivity index (χ0) is 23.9. The molecule has 3 fully saturated rings. The molecule has 34 heavy (non-hydrogen) atoms. The zero-order valence-electron chi connectivity index (χ0n) is 21.2. The Hall–Kier alpha value is -1.90. The molecule has 0 heterocycles. The first-order valence-electron chi connectivity index (χ1n) is 14.1. The standard InChI is InChI=1S/C31H44O3/c1-3-5-22-6-8-23(9-7-22)24-10-12-25(13-11-24)26-14-16-28(17-15-26)31(33)34-29-20-18-27(19-21-29)30(32)4-2/h4,18-26,28H,2-3,5-17H2,1H3. The summed E-state index contributed by atoms with van der Waals surface area (Å²) in [7, 11) is 0. The van der Waals surface area contributed by atoms with E-state index in [-0.39, 0.29) is 17.7 Å². The molecule has 0 aliphatic heterocycles. The van der Waals surface area contributed by atoms with Crippen molar-refractivity contribution in [1.29, 1.82) is 0 Å². The molecule has 3 aliphatic rings. The van der Waals surface area contributed by atoms with Gasteiger partial charge in [0.2, 0.25) is 0 Å². The minimum Gasteiger partial charge on any atom is -0.426 e. The van der Waals surface area contributed by atoms with Gasteiger partial charge in [0, 0.05) is 5.56 Å². The third-order valence-corrected chi connectivity index (χ3v) is 9.39. The van der Waals surface area contributed by atoms with Gasteiger partial charge in [-0.05, 0) is 124 Å². The Morgan fingerprint density at radius 3 is 1.74 bits per heavy atom. The van der Waals surface area contributed by atoms with Gasteiger partial charge in [0.05, 0.1) is 5.92 Å². The number of carbonyl (C=O) groups is 2. The van der Waals surface area contributed by atoms with Crippen molar-refractivity contribution < 1.29 is 14.3 Å². The average Bonchev–Trinajstić information content (AvgIpc) is 2.89. The summed E-state index contributed by atoms with van der Waals surface area (Å²) >= 11 is 0. The van der Waals surface area contributed by atoms with Crippen LogP contribution in [0.3, 0.4) is 0 Å². The van der Waals surface area contributed by atoms with E-state index in [2.05, 4.69) is 13.5 Å². The third-order valence-electron chi connectivity index (χ3n) is 9.39. The lowest BCUT2D eigenvalue weighted by molar-refractivity contribution is -0.140. The number of hydrogen-bond donors (Lipinski definition) is 0. The Morgan fingerprint density at radius 2 is 1.26 bits per heavy atom. The van der Waals surface area contributed by atoms with Crippen LogP contribution in [0.25, 0.3) is 0 Å². The van der Waals surface area contributed by atoms with Crippen LogP contribution in [0.2, 0.25) is 0 Å². The molecule has 3 heteroatoms. The van der Waals surface area contributed by atoms with E-state index < -0.39 is 0 Å². The van der Waals surface area contributed by atoms with Gasteiger partial charge in [0.15, 0.2) is 5.78 Å². The molecule has 0 N–H and O–H groups in total. The molecular formula is C31H44O3. The van der Waals surface area contributed by atoms with Gasteiger partial charge in [-0.25, -0.2) is 0 Å². The number of rotatable bonds is 8. The summed E-state index contributed by atoms with van der Waals surface area (Å²) in [5.41, 5.74) is 0.564. The number of allylic oxidation sites excluding steroid dienone is 1. The second kappa shape index (κ2) is 12.2. The fourth-order valence-corrected chi connectivity index (χ4v) is 7.28. The van der Waals surface area contributed by atoms with Crippen molar-refractivity contribution in [2.75, 3.05) is 0 Å². The van der Waals surface area contributed by atoms with Crippen LogP contribution < -0.4 is 4.74 Å². The fraction of sp³-hybridized carbons (Fsp3) is 0.677. The first kappa shape index (κ1) is 25.2. The summed E-state index contributed by atoms with van der Waals surface area (Å²) in [5.74, 6) is 4.99. The molecular weight excluding hydrogens is 420 g/mol. The number of carbonyl (C=O) groups excluding carboxylic acids is 2. The first-order chi connectivity index (χ1) is 16.6. The maximum absolute atomic E-state index is 12.7. The van der Waals surface area contributed by atoms with Crippen molar-refractivity contribution in [3.63, 3.8) is 0 Å². The van der Waals surface area contributed by atoms with Crippen LogP contribution in [0.5, 0.6) is 5.75 Å². The fourth-order valence-electron chi connectivity index (χ4n) is 7.28. The second-order valence-corrected chi connectivity index (χ2v) is 11.4. The van der Waals surface area contributed by atoms with Gasteiger partial charge >= 0.3 is 5.97 Å². The van der Waals surface area contributed by atoms with Gasteiger partial charge < -0.3 is 4.74 Å². The van der Waals surface area contributed by atoms with Crippen LogP contribution in [0.4, 0.5) is 0 Å². The Morgan fingerprint density at radius 1 is 0.794 bits per heavy atom. The lowest BCUT2D eigenvalue weighted by atomic mass is 9.65. The summed E-state index contributed by atoms with van der Waals surface area (Å²) in [6.45, 7) is 5.84. The molecule has 0 unspecified atom stereocenters. The Labute approximate surface area is 206 Å². The minimum atomic E-state index is -0.121. The Kier molecular flexibility index (Phi) is 9.03. The van der Waals surface area contributed by atoms with Crippen LogP contribution >= 0.6 is 0 Å². The highest BCUT2D eigenvalue weighted by Crippen LogP contribution is 2.46. The van der Waals surface area contributed by atoms with E-state index >= 15 is 0 Å². The van der Waals surface area contributed by atoms with E-state index in [1.807, 2.05) is 0 Å². The van der Waals surface area contributed by atoms with Gasteiger partial charge in [-0.1, -0.05) is 39.2 Å².